The molecule has 0 saturated carbocycles. The molecule has 0 radical (unpaired) electrons. The molecule has 0 bridgehead atoms. The summed E-state index contributed by atoms with van der Waals surface area (Å²) >= 11 is 0. The first-order valence-electron chi connectivity index (χ1n) is 11.4. The van der Waals surface area contributed by atoms with Gasteiger partial charge in [0.2, 0.25) is 0 Å². The van der Waals surface area contributed by atoms with Crippen LogP contribution in [0.2, 0.25) is 0 Å². The molecule has 3 aromatic heterocycles. The van der Waals surface area contributed by atoms with Gasteiger partial charge in [0.15, 0.2) is 0 Å². The van der Waals surface area contributed by atoms with Crippen molar-refractivity contribution in [2.45, 2.75) is 25.9 Å². The number of fused-ring (bicyclic) bond motifs is 1. The minimum absolute atomic E-state index is 0.0875. The van der Waals surface area contributed by atoms with Gasteiger partial charge in [-0.1, -0.05) is 32.0 Å². The molecule has 36 heavy (non-hydrogen) atoms. The summed E-state index contributed by atoms with van der Waals surface area (Å²) in [5.41, 5.74) is 2.06. The van der Waals surface area contributed by atoms with Gasteiger partial charge in [0.05, 0.1) is 16.8 Å². The normalized spacial score (nSPS) is 13.3. The number of nitrogens with one attached hydrogen (secondary N) is 2. The van der Waals surface area contributed by atoms with Gasteiger partial charge >= 0.3 is 6.18 Å². The van der Waals surface area contributed by atoms with E-state index in [9.17, 15) is 18.0 Å². The standard InChI is InChI=1S/C26H25F3N6O/c1-15(16(2)18-5-4-6-19-20(25(36)30-3)8-10-32-24(18)19)13-33-23-12-21(34-14-35-23)17-7-9-31-22(11-17)26(27,28)29/h4-12,14-16H,13H2,1-3H3,(H,30,36)(H,33,34,35)/t15-,16?/m1/s1. The average Bonchev–Trinajstić information content (AvgIpc) is 2.90. The lowest BCUT2D eigenvalue weighted by molar-refractivity contribution is -0.141. The number of halogens is 3. The Labute approximate surface area is 206 Å². The molecule has 1 aromatic carbocycles. The topological polar surface area (TPSA) is 92.7 Å². The maximum atomic E-state index is 13.0. The van der Waals surface area contributed by atoms with Crippen LogP contribution in [0.5, 0.6) is 0 Å². The van der Waals surface area contributed by atoms with Gasteiger partial charge in [0.25, 0.3) is 5.91 Å². The van der Waals surface area contributed by atoms with Gasteiger partial charge in [-0.15, -0.1) is 0 Å². The second-order valence-electron chi connectivity index (χ2n) is 8.54. The molecular formula is C26H25F3N6O. The number of aromatic nitrogens is 4. The zero-order valence-electron chi connectivity index (χ0n) is 20.0. The molecule has 0 fully saturated rings. The minimum atomic E-state index is -4.53. The van der Waals surface area contributed by atoms with E-state index >= 15 is 0 Å². The smallest absolute Gasteiger partial charge is 0.370 e. The number of carbonyl (C=O) groups excluding carboxylic acids is 1. The third-order valence-electron chi connectivity index (χ3n) is 6.24. The molecule has 1 unspecified atom stereocenters. The van der Waals surface area contributed by atoms with Crippen molar-refractivity contribution in [1.29, 1.82) is 0 Å². The zero-order valence-corrected chi connectivity index (χ0v) is 20.0. The van der Waals surface area contributed by atoms with E-state index in [0.717, 1.165) is 28.7 Å². The Kier molecular flexibility index (Phi) is 7.14. The van der Waals surface area contributed by atoms with Crippen molar-refractivity contribution in [3.63, 3.8) is 0 Å². The summed E-state index contributed by atoms with van der Waals surface area (Å²) in [6.07, 6.45) is -0.468. The minimum Gasteiger partial charge on any atom is -0.370 e. The van der Waals surface area contributed by atoms with Crippen molar-refractivity contribution in [2.75, 3.05) is 18.9 Å². The second kappa shape index (κ2) is 10.3. The largest absolute Gasteiger partial charge is 0.433 e. The highest BCUT2D eigenvalue weighted by Gasteiger charge is 2.32. The molecular weight excluding hydrogens is 469 g/mol. The summed E-state index contributed by atoms with van der Waals surface area (Å²) in [6, 6.07) is 11.6. The molecule has 0 aliphatic carbocycles. The number of hydrogen-bond donors (Lipinski definition) is 2. The maximum absolute atomic E-state index is 13.0. The van der Waals surface area contributed by atoms with Crippen LogP contribution < -0.4 is 10.6 Å². The zero-order chi connectivity index (χ0) is 25.9. The van der Waals surface area contributed by atoms with Crippen LogP contribution in [-0.4, -0.2) is 39.4 Å². The van der Waals surface area contributed by atoms with Crippen molar-refractivity contribution in [1.82, 2.24) is 25.3 Å². The summed E-state index contributed by atoms with van der Waals surface area (Å²) in [7, 11) is 1.59. The van der Waals surface area contributed by atoms with Crippen LogP contribution in [0, 0.1) is 5.92 Å². The van der Waals surface area contributed by atoms with E-state index in [4.69, 9.17) is 0 Å². The van der Waals surface area contributed by atoms with Crippen LogP contribution in [-0.2, 0) is 6.18 Å². The van der Waals surface area contributed by atoms with Crippen molar-refractivity contribution >= 4 is 22.6 Å². The first kappa shape index (κ1) is 25.0. The Balaban J connectivity index is 1.52. The predicted octanol–water partition coefficient (Wildman–Crippen LogP) is 5.32. The Morgan fingerprint density at radius 3 is 2.53 bits per heavy atom. The lowest BCUT2D eigenvalue weighted by Crippen LogP contribution is -2.19. The van der Waals surface area contributed by atoms with E-state index in [-0.39, 0.29) is 17.7 Å². The second-order valence-corrected chi connectivity index (χ2v) is 8.54. The molecule has 3 heterocycles. The number of amides is 1. The molecule has 0 saturated heterocycles. The third kappa shape index (κ3) is 5.27. The SMILES string of the molecule is CNC(=O)c1ccnc2c(C(C)[C@H](C)CNc3cc(-c4ccnc(C(F)(F)F)c4)ncn3)cccc12. The highest BCUT2D eigenvalue weighted by Crippen LogP contribution is 2.32. The van der Waals surface area contributed by atoms with E-state index < -0.39 is 11.9 Å². The third-order valence-corrected chi connectivity index (χ3v) is 6.24. The molecule has 2 N–H and O–H groups in total. The average molecular weight is 495 g/mol. The molecule has 0 aliphatic rings. The number of nitrogens with zero attached hydrogens (tertiary/aromatic N) is 4. The summed E-state index contributed by atoms with van der Waals surface area (Å²) in [5, 5.41) is 6.71. The van der Waals surface area contributed by atoms with Gasteiger partial charge in [-0.2, -0.15) is 13.2 Å². The van der Waals surface area contributed by atoms with Gasteiger partial charge in [-0.05, 0) is 35.6 Å². The van der Waals surface area contributed by atoms with E-state index in [2.05, 4.69) is 44.4 Å². The van der Waals surface area contributed by atoms with E-state index in [1.807, 2.05) is 18.2 Å². The molecule has 7 nitrogen and oxygen atoms in total. The Morgan fingerprint density at radius 2 is 1.78 bits per heavy atom. The first-order valence-corrected chi connectivity index (χ1v) is 11.4. The van der Waals surface area contributed by atoms with Crippen LogP contribution in [0.15, 0.2) is 61.2 Å². The number of benzene rings is 1. The van der Waals surface area contributed by atoms with Crippen molar-refractivity contribution in [3.8, 4) is 11.3 Å². The number of pyridine rings is 2. The molecule has 0 spiro atoms. The molecule has 4 rings (SSSR count). The number of rotatable bonds is 7. The number of alkyl halides is 3. The van der Waals surface area contributed by atoms with E-state index in [1.165, 1.54) is 12.4 Å². The number of para-hydroxylation sites is 1. The molecule has 1 amide bonds. The molecule has 186 valence electrons. The summed E-state index contributed by atoms with van der Waals surface area (Å²) < 4.78 is 39.1. The van der Waals surface area contributed by atoms with Crippen LogP contribution in [0.1, 0.15) is 41.4 Å². The van der Waals surface area contributed by atoms with Gasteiger partial charge < -0.3 is 10.6 Å². The molecule has 2 atom stereocenters. The highest BCUT2D eigenvalue weighted by atomic mass is 19.4. The highest BCUT2D eigenvalue weighted by molar-refractivity contribution is 6.06. The van der Waals surface area contributed by atoms with Crippen LogP contribution in [0.25, 0.3) is 22.2 Å². The quantitative estimate of drug-likeness (QED) is 0.361. The number of hydrogen-bond acceptors (Lipinski definition) is 6. The summed E-state index contributed by atoms with van der Waals surface area (Å²) in [6.45, 7) is 4.73. The van der Waals surface area contributed by atoms with Crippen molar-refractivity contribution in [2.24, 2.45) is 5.92 Å². The fourth-order valence-electron chi connectivity index (χ4n) is 4.00. The monoisotopic (exact) mass is 494 g/mol. The van der Waals surface area contributed by atoms with Crippen LogP contribution in [0.3, 0.4) is 0 Å². The lowest BCUT2D eigenvalue weighted by Gasteiger charge is -2.22. The predicted molar refractivity (Wildman–Crippen MR) is 131 cm³/mol. The van der Waals surface area contributed by atoms with Crippen molar-refractivity contribution < 1.29 is 18.0 Å². The fraction of sp³-hybridized carbons (Fsp3) is 0.269. The lowest BCUT2D eigenvalue weighted by atomic mass is 9.87. The number of carbonyl (C=O) groups is 1. The van der Waals surface area contributed by atoms with Gasteiger partial charge in [0.1, 0.15) is 17.8 Å². The van der Waals surface area contributed by atoms with Gasteiger partial charge in [0, 0.05) is 43.0 Å². The van der Waals surface area contributed by atoms with Gasteiger partial charge in [-0.25, -0.2) is 9.97 Å². The fourth-order valence-corrected chi connectivity index (χ4v) is 4.00. The summed E-state index contributed by atoms with van der Waals surface area (Å²) in [5.74, 6) is 0.558. The molecule has 0 aliphatic heterocycles. The van der Waals surface area contributed by atoms with Crippen LogP contribution >= 0.6 is 0 Å². The number of anilines is 1. The van der Waals surface area contributed by atoms with Crippen molar-refractivity contribution in [3.05, 3.63) is 78.0 Å². The van der Waals surface area contributed by atoms with E-state index in [0.29, 0.717) is 29.2 Å². The summed E-state index contributed by atoms with van der Waals surface area (Å²) in [4.78, 5) is 28.6. The molecule has 4 aromatic rings. The Hall–Kier alpha value is -4.08. The molecule has 10 heteroatoms. The maximum Gasteiger partial charge on any atom is 0.433 e. The first-order chi connectivity index (χ1) is 17.2. The van der Waals surface area contributed by atoms with E-state index in [1.54, 1.807) is 25.4 Å². The van der Waals surface area contributed by atoms with Gasteiger partial charge in [-0.3, -0.25) is 14.8 Å². The van der Waals surface area contributed by atoms with Crippen LogP contribution in [0.4, 0.5) is 19.0 Å². The Bertz CT molecular complexity index is 1390. The Morgan fingerprint density at radius 1 is 1.00 bits per heavy atom.